The van der Waals surface area contributed by atoms with Crippen LogP contribution < -0.4 is 10.3 Å². The van der Waals surface area contributed by atoms with Crippen molar-refractivity contribution in [3.63, 3.8) is 0 Å². The molecule has 0 aliphatic carbocycles. The van der Waals surface area contributed by atoms with E-state index in [0.29, 0.717) is 18.9 Å². The number of hydrogen-bond acceptors (Lipinski definition) is 4. The van der Waals surface area contributed by atoms with Gasteiger partial charge in [0.1, 0.15) is 11.6 Å². The number of aryl methyl sites for hydroxylation is 2. The molecule has 0 saturated carbocycles. The molecule has 0 bridgehead atoms. The molecule has 0 spiro atoms. The molecule has 0 fully saturated rings. The van der Waals surface area contributed by atoms with Gasteiger partial charge in [0.25, 0.3) is 5.56 Å². The molecular formula is C16H18N2O4. The molecular weight excluding hydrogens is 284 g/mol. The van der Waals surface area contributed by atoms with Crippen molar-refractivity contribution in [2.45, 2.75) is 26.7 Å². The molecule has 0 aliphatic heterocycles. The van der Waals surface area contributed by atoms with Crippen molar-refractivity contribution in [3.05, 3.63) is 57.3 Å². The highest BCUT2D eigenvalue weighted by molar-refractivity contribution is 5.69. The fraction of sp³-hybridized carbons (Fsp3) is 0.312. The Hall–Kier alpha value is -2.63. The van der Waals surface area contributed by atoms with Crippen molar-refractivity contribution in [1.82, 2.24) is 9.97 Å². The van der Waals surface area contributed by atoms with Crippen LogP contribution in [0.25, 0.3) is 0 Å². The van der Waals surface area contributed by atoms with Crippen molar-refractivity contribution < 1.29 is 14.6 Å². The van der Waals surface area contributed by atoms with Crippen LogP contribution in [0.15, 0.2) is 29.1 Å². The predicted octanol–water partition coefficient (Wildman–Crippen LogP) is 1.64. The van der Waals surface area contributed by atoms with Crippen molar-refractivity contribution >= 4 is 5.97 Å². The highest BCUT2D eigenvalue weighted by Gasteiger charge is 2.06. The first-order valence-corrected chi connectivity index (χ1v) is 6.95. The van der Waals surface area contributed by atoms with E-state index in [1.165, 1.54) is 11.6 Å². The Labute approximate surface area is 127 Å². The third kappa shape index (κ3) is 4.44. The zero-order valence-electron chi connectivity index (χ0n) is 12.5. The Balaban J connectivity index is 1.99. The predicted molar refractivity (Wildman–Crippen MR) is 81.3 cm³/mol. The van der Waals surface area contributed by atoms with Crippen LogP contribution in [-0.2, 0) is 17.6 Å². The Kier molecular flexibility index (Phi) is 4.93. The maximum atomic E-state index is 11.5. The Morgan fingerprint density at radius 2 is 2.05 bits per heavy atom. The van der Waals surface area contributed by atoms with Crippen molar-refractivity contribution in [2.24, 2.45) is 0 Å². The quantitative estimate of drug-likeness (QED) is 0.846. The Morgan fingerprint density at radius 1 is 1.27 bits per heavy atom. The number of nitrogens with one attached hydrogen (secondary N) is 1. The largest absolute Gasteiger partial charge is 0.493 e. The molecule has 0 amide bonds. The standard InChI is InChI=1S/C16H18N2O4/c1-10-3-4-13(7-11(10)2)22-6-5-14-17-12(9-16(20)21)8-15(19)18-14/h3-4,7-8H,5-6,9H2,1-2H3,(H,20,21)(H,17,18,19). The molecule has 0 aliphatic rings. The average Bonchev–Trinajstić information content (AvgIpc) is 2.41. The summed E-state index contributed by atoms with van der Waals surface area (Å²) in [5.41, 5.74) is 2.23. The minimum atomic E-state index is -1.02. The van der Waals surface area contributed by atoms with Gasteiger partial charge in [0, 0.05) is 12.5 Å². The number of benzene rings is 1. The average molecular weight is 302 g/mol. The number of nitrogens with zero attached hydrogens (tertiary/aromatic N) is 1. The van der Waals surface area contributed by atoms with E-state index >= 15 is 0 Å². The summed E-state index contributed by atoms with van der Waals surface area (Å²) in [6, 6.07) is 7.02. The second-order valence-electron chi connectivity index (χ2n) is 5.10. The van der Waals surface area contributed by atoms with Crippen molar-refractivity contribution in [3.8, 4) is 5.75 Å². The zero-order chi connectivity index (χ0) is 16.1. The third-order valence-electron chi connectivity index (χ3n) is 3.26. The molecule has 0 saturated heterocycles. The van der Waals surface area contributed by atoms with Gasteiger partial charge in [-0.2, -0.15) is 0 Å². The van der Waals surface area contributed by atoms with Gasteiger partial charge < -0.3 is 14.8 Å². The molecule has 1 heterocycles. The van der Waals surface area contributed by atoms with Crippen LogP contribution in [-0.4, -0.2) is 27.7 Å². The number of aromatic amines is 1. The molecule has 2 rings (SSSR count). The lowest BCUT2D eigenvalue weighted by atomic mass is 10.1. The number of aromatic nitrogens is 2. The number of carboxylic acid groups (broad SMARTS) is 1. The maximum absolute atomic E-state index is 11.5. The Bertz CT molecular complexity index is 737. The van der Waals surface area contributed by atoms with Gasteiger partial charge in [-0.15, -0.1) is 0 Å². The lowest BCUT2D eigenvalue weighted by Crippen LogP contribution is -2.16. The second-order valence-corrected chi connectivity index (χ2v) is 5.10. The first-order chi connectivity index (χ1) is 10.4. The lowest BCUT2D eigenvalue weighted by molar-refractivity contribution is -0.136. The van der Waals surface area contributed by atoms with E-state index in [1.807, 2.05) is 32.0 Å². The molecule has 0 radical (unpaired) electrons. The summed E-state index contributed by atoms with van der Waals surface area (Å²) in [5, 5.41) is 8.74. The van der Waals surface area contributed by atoms with E-state index in [2.05, 4.69) is 9.97 Å². The number of rotatable bonds is 6. The van der Waals surface area contributed by atoms with E-state index in [4.69, 9.17) is 9.84 Å². The molecule has 1 aromatic heterocycles. The van der Waals surface area contributed by atoms with E-state index < -0.39 is 5.97 Å². The van der Waals surface area contributed by atoms with Crippen LogP contribution in [0.1, 0.15) is 22.6 Å². The van der Waals surface area contributed by atoms with Gasteiger partial charge in [0.05, 0.1) is 18.7 Å². The van der Waals surface area contributed by atoms with Gasteiger partial charge in [-0.1, -0.05) is 6.07 Å². The summed E-state index contributed by atoms with van der Waals surface area (Å²) in [4.78, 5) is 28.9. The first kappa shape index (κ1) is 15.8. The van der Waals surface area contributed by atoms with Gasteiger partial charge in [-0.25, -0.2) is 4.98 Å². The van der Waals surface area contributed by atoms with Crippen LogP contribution in [0.2, 0.25) is 0 Å². The zero-order valence-corrected chi connectivity index (χ0v) is 12.5. The highest BCUT2D eigenvalue weighted by Crippen LogP contribution is 2.16. The lowest BCUT2D eigenvalue weighted by Gasteiger charge is -2.08. The van der Waals surface area contributed by atoms with Crippen LogP contribution in [0.4, 0.5) is 0 Å². The summed E-state index contributed by atoms with van der Waals surface area (Å²) in [7, 11) is 0. The van der Waals surface area contributed by atoms with E-state index in [9.17, 15) is 9.59 Å². The number of aliphatic carboxylic acids is 1. The van der Waals surface area contributed by atoms with Gasteiger partial charge >= 0.3 is 5.97 Å². The van der Waals surface area contributed by atoms with Crippen LogP contribution in [0.3, 0.4) is 0 Å². The number of hydrogen-bond donors (Lipinski definition) is 2. The van der Waals surface area contributed by atoms with Gasteiger partial charge in [-0.05, 0) is 37.1 Å². The topological polar surface area (TPSA) is 92.3 Å². The number of ether oxygens (including phenoxy) is 1. The smallest absolute Gasteiger partial charge is 0.309 e. The summed E-state index contributed by atoms with van der Waals surface area (Å²) in [6.07, 6.45) is 0.130. The highest BCUT2D eigenvalue weighted by atomic mass is 16.5. The molecule has 2 N–H and O–H groups in total. The molecule has 0 unspecified atom stereocenters. The van der Waals surface area contributed by atoms with Crippen LogP contribution >= 0.6 is 0 Å². The molecule has 6 heteroatoms. The van der Waals surface area contributed by atoms with Crippen LogP contribution in [0, 0.1) is 13.8 Å². The number of carbonyl (C=O) groups is 1. The summed E-state index contributed by atoms with van der Waals surface area (Å²) >= 11 is 0. The molecule has 0 atom stereocenters. The summed E-state index contributed by atoms with van der Waals surface area (Å²) < 4.78 is 5.63. The van der Waals surface area contributed by atoms with Crippen molar-refractivity contribution in [2.75, 3.05) is 6.61 Å². The summed E-state index contributed by atoms with van der Waals surface area (Å²) in [5.74, 6) is 0.162. The first-order valence-electron chi connectivity index (χ1n) is 6.95. The minimum Gasteiger partial charge on any atom is -0.493 e. The molecule has 116 valence electrons. The van der Waals surface area contributed by atoms with E-state index in [1.54, 1.807) is 0 Å². The van der Waals surface area contributed by atoms with Gasteiger partial charge in [0.2, 0.25) is 0 Å². The SMILES string of the molecule is Cc1ccc(OCCc2nc(CC(=O)O)cc(=O)[nH]2)cc1C. The number of carboxylic acids is 1. The third-order valence-corrected chi connectivity index (χ3v) is 3.26. The Morgan fingerprint density at radius 3 is 2.73 bits per heavy atom. The fourth-order valence-corrected chi connectivity index (χ4v) is 2.00. The molecule has 22 heavy (non-hydrogen) atoms. The van der Waals surface area contributed by atoms with E-state index in [0.717, 1.165) is 11.3 Å². The van der Waals surface area contributed by atoms with Gasteiger partial charge in [0.15, 0.2) is 0 Å². The second kappa shape index (κ2) is 6.89. The minimum absolute atomic E-state index is 0.248. The number of H-pyrrole nitrogens is 1. The van der Waals surface area contributed by atoms with E-state index in [-0.39, 0.29) is 17.7 Å². The normalized spacial score (nSPS) is 10.5. The van der Waals surface area contributed by atoms with Crippen LogP contribution in [0.5, 0.6) is 5.75 Å². The van der Waals surface area contributed by atoms with Crippen molar-refractivity contribution in [1.29, 1.82) is 0 Å². The summed E-state index contributed by atoms with van der Waals surface area (Å²) in [6.45, 7) is 4.39. The molecule has 2 aromatic rings. The molecule has 1 aromatic carbocycles. The molecule has 6 nitrogen and oxygen atoms in total. The maximum Gasteiger partial charge on any atom is 0.309 e. The monoisotopic (exact) mass is 302 g/mol. The van der Waals surface area contributed by atoms with Gasteiger partial charge in [-0.3, -0.25) is 9.59 Å². The fourth-order valence-electron chi connectivity index (χ4n) is 2.00.